The van der Waals surface area contributed by atoms with E-state index >= 15 is 0 Å². The number of carbonyl (C=O) groups is 1. The van der Waals surface area contributed by atoms with E-state index in [0.29, 0.717) is 42.2 Å². The molecule has 0 spiro atoms. The van der Waals surface area contributed by atoms with Gasteiger partial charge in [0.2, 0.25) is 15.9 Å². The first-order valence-electron chi connectivity index (χ1n) is 13.0. The van der Waals surface area contributed by atoms with Gasteiger partial charge in [0.25, 0.3) is 0 Å². The molecular formula is C29H29BrClN3O3S. The minimum absolute atomic E-state index is 0.00652. The van der Waals surface area contributed by atoms with E-state index < -0.39 is 10.0 Å². The second kappa shape index (κ2) is 10.4. The summed E-state index contributed by atoms with van der Waals surface area (Å²) in [4.78, 5) is 17.2. The van der Waals surface area contributed by atoms with Crippen molar-refractivity contribution in [2.24, 2.45) is 5.92 Å². The fourth-order valence-corrected chi connectivity index (χ4v) is 8.22. The lowest BCUT2D eigenvalue weighted by molar-refractivity contribution is -0.119. The number of nitrogens with zero attached hydrogens (tertiary/aromatic N) is 3. The summed E-state index contributed by atoms with van der Waals surface area (Å²) in [6, 6.07) is 21.7. The maximum Gasteiger partial charge on any atom is 0.244 e. The Balaban J connectivity index is 1.24. The Kier molecular flexibility index (Phi) is 7.12. The summed E-state index contributed by atoms with van der Waals surface area (Å²) in [6.07, 6.45) is 2.60. The number of rotatable bonds is 6. The molecule has 0 aromatic heterocycles. The third kappa shape index (κ3) is 4.93. The number of sulfonamides is 1. The van der Waals surface area contributed by atoms with Crippen LogP contribution in [0.3, 0.4) is 0 Å². The number of piperazine rings is 1. The van der Waals surface area contributed by atoms with Gasteiger partial charge in [0.15, 0.2) is 0 Å². The molecule has 198 valence electrons. The van der Waals surface area contributed by atoms with Crippen molar-refractivity contribution < 1.29 is 13.2 Å². The van der Waals surface area contributed by atoms with Crippen LogP contribution in [0, 0.1) is 5.92 Å². The summed E-state index contributed by atoms with van der Waals surface area (Å²) in [5.41, 5.74) is 4.05. The van der Waals surface area contributed by atoms with Gasteiger partial charge in [0, 0.05) is 53.8 Å². The SMILES string of the molecule is O=C(C1CC1)N1CCc2cc(Br)c(S(=O)(=O)N3CCN([C@@H](c4ccccc4)c4ccc(Cl)cc4)CC3)cc21. The van der Waals surface area contributed by atoms with Gasteiger partial charge in [-0.3, -0.25) is 9.69 Å². The second-order valence-corrected chi connectivity index (χ2v) is 13.4. The van der Waals surface area contributed by atoms with E-state index in [1.165, 1.54) is 0 Å². The van der Waals surface area contributed by atoms with Crippen molar-refractivity contribution in [1.82, 2.24) is 9.21 Å². The molecule has 1 saturated heterocycles. The van der Waals surface area contributed by atoms with Crippen molar-refractivity contribution in [3.8, 4) is 0 Å². The lowest BCUT2D eigenvalue weighted by Crippen LogP contribution is -2.49. The third-order valence-corrected chi connectivity index (χ3v) is 10.9. The van der Waals surface area contributed by atoms with Crippen molar-refractivity contribution in [2.45, 2.75) is 30.2 Å². The molecule has 2 aliphatic heterocycles. The molecule has 3 aliphatic rings. The van der Waals surface area contributed by atoms with Gasteiger partial charge in [0.1, 0.15) is 0 Å². The summed E-state index contributed by atoms with van der Waals surface area (Å²) >= 11 is 9.68. The van der Waals surface area contributed by atoms with Crippen molar-refractivity contribution in [3.63, 3.8) is 0 Å². The van der Waals surface area contributed by atoms with E-state index in [4.69, 9.17) is 11.6 Å². The van der Waals surface area contributed by atoms with Gasteiger partial charge >= 0.3 is 0 Å². The predicted molar refractivity (Wildman–Crippen MR) is 153 cm³/mol. The summed E-state index contributed by atoms with van der Waals surface area (Å²) in [7, 11) is -3.75. The van der Waals surface area contributed by atoms with E-state index in [2.05, 4.69) is 33.0 Å². The van der Waals surface area contributed by atoms with E-state index in [-0.39, 0.29) is 22.8 Å². The lowest BCUT2D eigenvalue weighted by atomic mass is 9.96. The first-order chi connectivity index (χ1) is 18.3. The maximum atomic E-state index is 13.8. The number of benzene rings is 3. The van der Waals surface area contributed by atoms with Gasteiger partial charge in [-0.25, -0.2) is 8.42 Å². The lowest BCUT2D eigenvalue weighted by Gasteiger charge is -2.39. The zero-order valence-electron chi connectivity index (χ0n) is 20.9. The Morgan fingerprint density at radius 1 is 0.895 bits per heavy atom. The summed E-state index contributed by atoms with van der Waals surface area (Å²) in [5, 5.41) is 0.689. The zero-order valence-corrected chi connectivity index (χ0v) is 24.1. The van der Waals surface area contributed by atoms with Crippen molar-refractivity contribution in [1.29, 1.82) is 0 Å². The van der Waals surface area contributed by atoms with Crippen LogP contribution in [0.5, 0.6) is 0 Å². The molecule has 1 amide bonds. The van der Waals surface area contributed by atoms with Crippen molar-refractivity contribution in [3.05, 3.63) is 92.9 Å². The average Bonchev–Trinajstić information content (AvgIpc) is 3.70. The van der Waals surface area contributed by atoms with Crippen LogP contribution < -0.4 is 4.90 Å². The molecule has 0 N–H and O–H groups in total. The summed E-state index contributed by atoms with van der Waals surface area (Å²) in [6.45, 7) is 2.57. The Morgan fingerprint density at radius 3 is 2.21 bits per heavy atom. The molecule has 1 saturated carbocycles. The number of anilines is 1. The number of fused-ring (bicyclic) bond motifs is 1. The standard InChI is InChI=1S/C29H29BrClN3O3S/c30-25-18-23-12-13-34(29(35)22-6-7-22)26(23)19-27(25)38(36,37)33-16-14-32(15-17-33)28(20-4-2-1-3-5-20)21-8-10-24(31)11-9-21/h1-5,8-11,18-19,22,28H,6-7,12-17H2/t28-/m0/s1. The number of hydrogen-bond acceptors (Lipinski definition) is 4. The van der Waals surface area contributed by atoms with E-state index in [1.807, 2.05) is 48.5 Å². The molecule has 0 bridgehead atoms. The summed E-state index contributed by atoms with van der Waals surface area (Å²) < 4.78 is 29.8. The van der Waals surface area contributed by atoms with Gasteiger partial charge in [-0.05, 0) is 76.1 Å². The largest absolute Gasteiger partial charge is 0.312 e. The number of halogens is 2. The van der Waals surface area contributed by atoms with Crippen LogP contribution in [0.4, 0.5) is 5.69 Å². The molecule has 2 fully saturated rings. The van der Waals surface area contributed by atoms with Crippen LogP contribution in [-0.4, -0.2) is 56.3 Å². The van der Waals surface area contributed by atoms with Crippen LogP contribution in [0.25, 0.3) is 0 Å². The van der Waals surface area contributed by atoms with Crippen molar-refractivity contribution in [2.75, 3.05) is 37.6 Å². The van der Waals surface area contributed by atoms with Crippen LogP contribution in [-0.2, 0) is 21.2 Å². The molecular weight excluding hydrogens is 586 g/mol. The Bertz CT molecular complexity index is 1450. The van der Waals surface area contributed by atoms with Gasteiger partial charge in [-0.15, -0.1) is 0 Å². The Hall–Kier alpha value is -2.23. The molecule has 9 heteroatoms. The highest BCUT2D eigenvalue weighted by Gasteiger charge is 2.39. The summed E-state index contributed by atoms with van der Waals surface area (Å²) in [5.74, 6) is 0.216. The molecule has 3 aromatic carbocycles. The zero-order chi connectivity index (χ0) is 26.4. The third-order valence-electron chi connectivity index (χ3n) is 7.78. The Morgan fingerprint density at radius 2 is 1.55 bits per heavy atom. The molecule has 0 radical (unpaired) electrons. The minimum Gasteiger partial charge on any atom is -0.312 e. The predicted octanol–water partition coefficient (Wildman–Crippen LogP) is 5.50. The normalized spacial score (nSPS) is 19.4. The molecule has 2 heterocycles. The van der Waals surface area contributed by atoms with Gasteiger partial charge in [-0.2, -0.15) is 4.31 Å². The maximum absolute atomic E-state index is 13.8. The number of hydrogen-bond donors (Lipinski definition) is 0. The molecule has 6 rings (SSSR count). The fraction of sp³-hybridized carbons (Fsp3) is 0.345. The highest BCUT2D eigenvalue weighted by molar-refractivity contribution is 9.10. The molecule has 1 aliphatic carbocycles. The topological polar surface area (TPSA) is 60.9 Å². The van der Waals surface area contributed by atoms with Gasteiger partial charge in [-0.1, -0.05) is 54.1 Å². The highest BCUT2D eigenvalue weighted by Crippen LogP contribution is 2.40. The van der Waals surface area contributed by atoms with E-state index in [9.17, 15) is 13.2 Å². The van der Waals surface area contributed by atoms with Crippen LogP contribution in [0.1, 0.15) is 35.6 Å². The number of amides is 1. The second-order valence-electron chi connectivity index (χ2n) is 10.2. The van der Waals surface area contributed by atoms with Gasteiger partial charge in [0.05, 0.1) is 10.9 Å². The molecule has 6 nitrogen and oxygen atoms in total. The molecule has 38 heavy (non-hydrogen) atoms. The molecule has 1 atom stereocenters. The van der Waals surface area contributed by atoms with E-state index in [0.717, 1.165) is 41.6 Å². The first-order valence-corrected chi connectivity index (χ1v) is 15.6. The Labute approximate surface area is 237 Å². The molecule has 3 aromatic rings. The van der Waals surface area contributed by atoms with E-state index in [1.54, 1.807) is 15.3 Å². The quantitative estimate of drug-likeness (QED) is 0.368. The van der Waals surface area contributed by atoms with Crippen LogP contribution >= 0.6 is 27.5 Å². The molecule has 0 unspecified atom stereocenters. The monoisotopic (exact) mass is 613 g/mol. The smallest absolute Gasteiger partial charge is 0.244 e. The minimum atomic E-state index is -3.75. The average molecular weight is 615 g/mol. The highest BCUT2D eigenvalue weighted by atomic mass is 79.9. The van der Waals surface area contributed by atoms with Crippen LogP contribution in [0.2, 0.25) is 5.02 Å². The van der Waals surface area contributed by atoms with Gasteiger partial charge < -0.3 is 4.90 Å². The fourth-order valence-electron chi connectivity index (χ4n) is 5.60. The number of carbonyl (C=O) groups excluding carboxylic acids is 1. The van der Waals surface area contributed by atoms with Crippen molar-refractivity contribution >= 4 is 49.1 Å². The van der Waals surface area contributed by atoms with Crippen LogP contribution in [0.15, 0.2) is 76.1 Å². The first kappa shape index (κ1) is 26.0.